The number of amides is 1. The second-order valence-corrected chi connectivity index (χ2v) is 5.18. The molecule has 0 bridgehead atoms. The molecule has 1 saturated carbocycles. The average Bonchev–Trinajstić information content (AvgIpc) is 2.78. The van der Waals surface area contributed by atoms with Crippen molar-refractivity contribution in [2.75, 3.05) is 6.54 Å². The third-order valence-electron chi connectivity index (χ3n) is 3.51. The molecule has 0 heterocycles. The fraction of sp³-hybridized carbons (Fsp3) is 0.462. The lowest BCUT2D eigenvalue weighted by atomic mass is 9.97. The molecule has 3 nitrogen and oxygen atoms in total. The van der Waals surface area contributed by atoms with Crippen LogP contribution in [0.4, 0.5) is 4.39 Å². The van der Waals surface area contributed by atoms with Gasteiger partial charge in [0, 0.05) is 6.54 Å². The number of carbonyl (C=O) groups is 1. The van der Waals surface area contributed by atoms with E-state index in [-0.39, 0.29) is 22.0 Å². The minimum absolute atomic E-state index is 0.123. The third-order valence-corrected chi connectivity index (χ3v) is 3.82. The van der Waals surface area contributed by atoms with Gasteiger partial charge in [-0.2, -0.15) is 0 Å². The van der Waals surface area contributed by atoms with Crippen LogP contribution in [-0.4, -0.2) is 18.0 Å². The van der Waals surface area contributed by atoms with Gasteiger partial charge in [0.1, 0.15) is 5.82 Å². The van der Waals surface area contributed by atoms with Gasteiger partial charge in [-0.15, -0.1) is 0 Å². The fourth-order valence-electron chi connectivity index (χ4n) is 2.41. The summed E-state index contributed by atoms with van der Waals surface area (Å²) in [6.45, 7) is 0.414. The smallest absolute Gasteiger partial charge is 0.253 e. The zero-order chi connectivity index (χ0) is 13.2. The van der Waals surface area contributed by atoms with Crippen LogP contribution in [0, 0.1) is 5.82 Å². The first-order valence-corrected chi connectivity index (χ1v) is 6.42. The van der Waals surface area contributed by atoms with E-state index in [0.29, 0.717) is 6.54 Å². The van der Waals surface area contributed by atoms with Crippen molar-refractivity contribution in [1.82, 2.24) is 5.32 Å². The van der Waals surface area contributed by atoms with E-state index in [1.807, 2.05) is 0 Å². The monoisotopic (exact) mass is 270 g/mol. The second kappa shape index (κ2) is 5.24. The molecule has 0 unspecified atom stereocenters. The molecular weight excluding hydrogens is 255 g/mol. The molecule has 1 fully saturated rings. The van der Waals surface area contributed by atoms with Crippen molar-refractivity contribution < 1.29 is 9.18 Å². The lowest BCUT2D eigenvalue weighted by molar-refractivity contribution is 0.0903. The maximum absolute atomic E-state index is 12.9. The van der Waals surface area contributed by atoms with Crippen molar-refractivity contribution in [2.24, 2.45) is 5.73 Å². The standard InChI is InChI=1S/C13H16ClFN2O/c14-11-7-9(15)3-4-10(11)12(18)17-13(8-16)5-1-2-6-13/h3-4,7H,1-2,5-6,8,16H2,(H,17,18). The van der Waals surface area contributed by atoms with Crippen LogP contribution in [0.15, 0.2) is 18.2 Å². The van der Waals surface area contributed by atoms with Gasteiger partial charge in [0.15, 0.2) is 0 Å². The number of carbonyl (C=O) groups excluding carboxylic acids is 1. The first kappa shape index (κ1) is 13.3. The van der Waals surface area contributed by atoms with Crippen LogP contribution in [-0.2, 0) is 0 Å². The van der Waals surface area contributed by atoms with E-state index < -0.39 is 5.82 Å². The largest absolute Gasteiger partial charge is 0.345 e. The molecule has 1 aliphatic carbocycles. The first-order chi connectivity index (χ1) is 8.56. The summed E-state index contributed by atoms with van der Waals surface area (Å²) >= 11 is 5.87. The zero-order valence-corrected chi connectivity index (χ0v) is 10.8. The number of halogens is 2. The lowest BCUT2D eigenvalue weighted by Crippen LogP contribution is -2.51. The second-order valence-electron chi connectivity index (χ2n) is 4.77. The summed E-state index contributed by atoms with van der Waals surface area (Å²) < 4.78 is 12.9. The minimum atomic E-state index is -0.453. The Kier molecular flexibility index (Phi) is 3.88. The third kappa shape index (κ3) is 2.65. The number of hydrogen-bond acceptors (Lipinski definition) is 2. The topological polar surface area (TPSA) is 55.1 Å². The van der Waals surface area contributed by atoms with Crippen molar-refractivity contribution in [3.8, 4) is 0 Å². The molecule has 1 aromatic rings. The van der Waals surface area contributed by atoms with Crippen molar-refractivity contribution in [2.45, 2.75) is 31.2 Å². The number of nitrogens with two attached hydrogens (primary N) is 1. The molecular formula is C13H16ClFN2O. The molecule has 0 radical (unpaired) electrons. The van der Waals surface area contributed by atoms with Gasteiger partial charge >= 0.3 is 0 Å². The van der Waals surface area contributed by atoms with Crippen molar-refractivity contribution >= 4 is 17.5 Å². The zero-order valence-electron chi connectivity index (χ0n) is 10.0. The highest BCUT2D eigenvalue weighted by Crippen LogP contribution is 2.29. The maximum atomic E-state index is 12.9. The van der Waals surface area contributed by atoms with Crippen LogP contribution in [0.5, 0.6) is 0 Å². The highest BCUT2D eigenvalue weighted by molar-refractivity contribution is 6.33. The Bertz CT molecular complexity index is 458. The van der Waals surface area contributed by atoms with Crippen LogP contribution in [0.25, 0.3) is 0 Å². The van der Waals surface area contributed by atoms with Crippen molar-refractivity contribution in [3.63, 3.8) is 0 Å². The quantitative estimate of drug-likeness (QED) is 0.887. The summed E-state index contributed by atoms with van der Waals surface area (Å²) in [6, 6.07) is 3.76. The summed E-state index contributed by atoms with van der Waals surface area (Å²) in [6.07, 6.45) is 3.89. The van der Waals surface area contributed by atoms with Crippen LogP contribution >= 0.6 is 11.6 Å². The van der Waals surface area contributed by atoms with E-state index in [1.165, 1.54) is 12.1 Å². The Hall–Kier alpha value is -1.13. The predicted octanol–water partition coefficient (Wildman–Crippen LogP) is 2.48. The molecule has 1 aliphatic rings. The maximum Gasteiger partial charge on any atom is 0.253 e. The van der Waals surface area contributed by atoms with E-state index in [9.17, 15) is 9.18 Å². The van der Waals surface area contributed by atoms with Gasteiger partial charge in [0.25, 0.3) is 5.91 Å². The Morgan fingerprint density at radius 1 is 1.44 bits per heavy atom. The number of nitrogens with one attached hydrogen (secondary N) is 1. The molecule has 0 spiro atoms. The van der Waals surface area contributed by atoms with E-state index in [4.69, 9.17) is 17.3 Å². The summed E-state index contributed by atoms with van der Waals surface area (Å²) in [7, 11) is 0. The van der Waals surface area contributed by atoms with Gasteiger partial charge in [0.2, 0.25) is 0 Å². The molecule has 98 valence electrons. The van der Waals surface area contributed by atoms with E-state index in [2.05, 4.69) is 5.32 Å². The lowest BCUT2D eigenvalue weighted by Gasteiger charge is -2.28. The van der Waals surface area contributed by atoms with Gasteiger partial charge in [0.05, 0.1) is 16.1 Å². The van der Waals surface area contributed by atoms with Gasteiger partial charge in [-0.1, -0.05) is 24.4 Å². The molecule has 0 saturated heterocycles. The molecule has 3 N–H and O–H groups in total. The number of hydrogen-bond donors (Lipinski definition) is 2. The molecule has 1 aromatic carbocycles. The number of benzene rings is 1. The van der Waals surface area contributed by atoms with Crippen LogP contribution in [0.1, 0.15) is 36.0 Å². The normalized spacial score (nSPS) is 17.7. The molecule has 18 heavy (non-hydrogen) atoms. The number of rotatable bonds is 3. The Labute approximate surface area is 111 Å². The Balaban J connectivity index is 2.16. The fourth-order valence-corrected chi connectivity index (χ4v) is 2.67. The van der Waals surface area contributed by atoms with Gasteiger partial charge < -0.3 is 11.1 Å². The predicted molar refractivity (Wildman–Crippen MR) is 69.1 cm³/mol. The summed E-state index contributed by atoms with van der Waals surface area (Å²) in [5.41, 5.74) is 5.71. The SMILES string of the molecule is NCC1(NC(=O)c2ccc(F)cc2Cl)CCCC1. The van der Waals surface area contributed by atoms with Crippen LogP contribution in [0.3, 0.4) is 0 Å². The van der Waals surface area contributed by atoms with Crippen molar-refractivity contribution in [1.29, 1.82) is 0 Å². The van der Waals surface area contributed by atoms with Crippen LogP contribution in [0.2, 0.25) is 5.02 Å². The highest BCUT2D eigenvalue weighted by Gasteiger charge is 2.34. The first-order valence-electron chi connectivity index (χ1n) is 6.04. The molecule has 1 amide bonds. The van der Waals surface area contributed by atoms with E-state index in [1.54, 1.807) is 0 Å². The van der Waals surface area contributed by atoms with Crippen LogP contribution < -0.4 is 11.1 Å². The molecule has 0 aromatic heterocycles. The molecule has 0 aliphatic heterocycles. The molecule has 5 heteroatoms. The molecule has 0 atom stereocenters. The highest BCUT2D eigenvalue weighted by atomic mass is 35.5. The van der Waals surface area contributed by atoms with Gasteiger partial charge in [-0.3, -0.25) is 4.79 Å². The molecule has 2 rings (SSSR count). The van der Waals surface area contributed by atoms with Crippen molar-refractivity contribution in [3.05, 3.63) is 34.6 Å². The van der Waals surface area contributed by atoms with E-state index >= 15 is 0 Å². The summed E-state index contributed by atoms with van der Waals surface area (Å²) in [5, 5.41) is 3.07. The minimum Gasteiger partial charge on any atom is -0.345 e. The van der Waals surface area contributed by atoms with Gasteiger partial charge in [-0.25, -0.2) is 4.39 Å². The average molecular weight is 271 g/mol. The summed E-state index contributed by atoms with van der Waals surface area (Å²) in [5.74, 6) is -0.738. The Morgan fingerprint density at radius 2 is 2.11 bits per heavy atom. The Morgan fingerprint density at radius 3 is 2.67 bits per heavy atom. The van der Waals surface area contributed by atoms with Gasteiger partial charge in [-0.05, 0) is 31.0 Å². The summed E-state index contributed by atoms with van der Waals surface area (Å²) in [4.78, 5) is 12.1. The van der Waals surface area contributed by atoms with E-state index in [0.717, 1.165) is 31.7 Å².